The van der Waals surface area contributed by atoms with Crippen LogP contribution in [0.25, 0.3) is 10.4 Å². The van der Waals surface area contributed by atoms with Crippen LogP contribution in [0.2, 0.25) is 0 Å². The van der Waals surface area contributed by atoms with Gasteiger partial charge >= 0.3 is 0 Å². The average molecular weight is 237 g/mol. The number of carbonyl (C=O) groups is 1. The summed E-state index contributed by atoms with van der Waals surface area (Å²) in [6.07, 6.45) is 0. The second kappa shape index (κ2) is 4.42. The first-order valence-electron chi connectivity index (χ1n) is 4.51. The maximum atomic E-state index is 12.7. The summed E-state index contributed by atoms with van der Waals surface area (Å²) in [7, 11) is 0. The lowest BCUT2D eigenvalue weighted by Gasteiger charge is -1.96. The molecule has 2 rings (SSSR count). The van der Waals surface area contributed by atoms with Crippen molar-refractivity contribution in [3.8, 4) is 10.4 Å². The van der Waals surface area contributed by atoms with Gasteiger partial charge in [0.25, 0.3) is 5.91 Å². The summed E-state index contributed by atoms with van der Waals surface area (Å²) in [5.74, 6) is -0.841. The average Bonchev–Trinajstić information content (AvgIpc) is 2.78. The first kappa shape index (κ1) is 10.8. The van der Waals surface area contributed by atoms with Crippen LogP contribution in [0, 0.1) is 5.82 Å². The Balaban J connectivity index is 2.31. The molecule has 3 nitrogen and oxygen atoms in total. The minimum Gasteiger partial charge on any atom is -0.288 e. The summed E-state index contributed by atoms with van der Waals surface area (Å²) in [5.41, 5.74) is 2.40. The van der Waals surface area contributed by atoms with Crippen LogP contribution in [0.5, 0.6) is 0 Å². The van der Waals surface area contributed by atoms with Crippen LogP contribution in [-0.2, 0) is 0 Å². The Kier molecular flexibility index (Phi) is 2.98. The fourth-order valence-electron chi connectivity index (χ4n) is 1.28. The number of hydroxylamine groups is 1. The minimum atomic E-state index is -0.543. The molecule has 0 aliphatic carbocycles. The van der Waals surface area contributed by atoms with Crippen molar-refractivity contribution in [2.24, 2.45) is 0 Å². The van der Waals surface area contributed by atoms with E-state index in [4.69, 9.17) is 5.21 Å². The van der Waals surface area contributed by atoms with Crippen molar-refractivity contribution in [3.63, 3.8) is 0 Å². The smallest absolute Gasteiger partial charge is 0.284 e. The molecule has 2 N–H and O–H groups in total. The molecule has 0 saturated carbocycles. The number of hydrogen-bond acceptors (Lipinski definition) is 3. The van der Waals surface area contributed by atoms with Crippen LogP contribution in [0.15, 0.2) is 36.4 Å². The van der Waals surface area contributed by atoms with E-state index in [9.17, 15) is 9.18 Å². The molecule has 0 fully saturated rings. The quantitative estimate of drug-likeness (QED) is 0.623. The highest BCUT2D eigenvalue weighted by Gasteiger charge is 2.08. The van der Waals surface area contributed by atoms with Crippen LogP contribution in [0.4, 0.5) is 4.39 Å². The highest BCUT2D eigenvalue weighted by molar-refractivity contribution is 7.17. The van der Waals surface area contributed by atoms with Crippen LogP contribution >= 0.6 is 11.3 Å². The van der Waals surface area contributed by atoms with Crippen molar-refractivity contribution in [3.05, 3.63) is 47.1 Å². The second-order valence-corrected chi connectivity index (χ2v) is 4.20. The molecule has 0 atom stereocenters. The normalized spacial score (nSPS) is 10.1. The molecule has 0 spiro atoms. The molecule has 1 aromatic heterocycles. The van der Waals surface area contributed by atoms with E-state index in [0.29, 0.717) is 4.88 Å². The zero-order chi connectivity index (χ0) is 11.5. The van der Waals surface area contributed by atoms with Crippen molar-refractivity contribution in [2.45, 2.75) is 0 Å². The summed E-state index contributed by atoms with van der Waals surface area (Å²) in [6.45, 7) is 0. The Labute approximate surface area is 95.1 Å². The SMILES string of the molecule is O=C(NO)c1ccc(-c2ccc(F)cc2)s1. The lowest BCUT2D eigenvalue weighted by Crippen LogP contribution is -2.16. The van der Waals surface area contributed by atoms with E-state index in [1.54, 1.807) is 29.7 Å². The Morgan fingerprint density at radius 1 is 1.19 bits per heavy atom. The molecular formula is C11H8FNO2S. The molecule has 2 aromatic rings. The maximum Gasteiger partial charge on any atom is 0.284 e. The number of hydrogen-bond donors (Lipinski definition) is 2. The van der Waals surface area contributed by atoms with Gasteiger partial charge in [-0.1, -0.05) is 12.1 Å². The van der Waals surface area contributed by atoms with E-state index in [1.165, 1.54) is 23.5 Å². The van der Waals surface area contributed by atoms with E-state index in [2.05, 4.69) is 0 Å². The van der Waals surface area contributed by atoms with Crippen LogP contribution in [0.3, 0.4) is 0 Å². The van der Waals surface area contributed by atoms with Crippen LogP contribution in [-0.4, -0.2) is 11.1 Å². The van der Waals surface area contributed by atoms with Crippen LogP contribution in [0.1, 0.15) is 9.67 Å². The molecule has 0 bridgehead atoms. The molecule has 0 aliphatic heterocycles. The largest absolute Gasteiger partial charge is 0.288 e. The highest BCUT2D eigenvalue weighted by Crippen LogP contribution is 2.28. The van der Waals surface area contributed by atoms with Gasteiger partial charge in [-0.15, -0.1) is 11.3 Å². The Bertz CT molecular complexity index is 507. The zero-order valence-electron chi connectivity index (χ0n) is 8.11. The molecule has 0 saturated heterocycles. The van der Waals surface area contributed by atoms with Crippen LogP contribution < -0.4 is 5.48 Å². The lowest BCUT2D eigenvalue weighted by molar-refractivity contribution is 0.0711. The summed E-state index contributed by atoms with van der Waals surface area (Å²) in [6, 6.07) is 9.36. The Morgan fingerprint density at radius 3 is 2.50 bits per heavy atom. The van der Waals surface area contributed by atoms with Crippen molar-refractivity contribution < 1.29 is 14.4 Å². The van der Waals surface area contributed by atoms with Gasteiger partial charge in [0.2, 0.25) is 0 Å². The van der Waals surface area contributed by atoms with Crippen molar-refractivity contribution in [1.29, 1.82) is 0 Å². The molecule has 0 unspecified atom stereocenters. The molecule has 1 heterocycles. The van der Waals surface area contributed by atoms with Gasteiger partial charge in [0.05, 0.1) is 4.88 Å². The van der Waals surface area contributed by atoms with Gasteiger partial charge in [-0.05, 0) is 29.8 Å². The fourth-order valence-corrected chi connectivity index (χ4v) is 2.19. The second-order valence-electron chi connectivity index (χ2n) is 3.11. The van der Waals surface area contributed by atoms with E-state index in [1.807, 2.05) is 0 Å². The number of benzene rings is 1. The fraction of sp³-hybridized carbons (Fsp3) is 0. The predicted octanol–water partition coefficient (Wildman–Crippen LogP) is 2.67. The van der Waals surface area contributed by atoms with Crippen molar-refractivity contribution in [2.75, 3.05) is 0 Å². The summed E-state index contributed by atoms with van der Waals surface area (Å²) in [4.78, 5) is 12.4. The molecule has 82 valence electrons. The van der Waals surface area contributed by atoms with Gasteiger partial charge in [-0.2, -0.15) is 0 Å². The molecule has 5 heteroatoms. The molecule has 1 amide bonds. The number of thiophene rings is 1. The zero-order valence-corrected chi connectivity index (χ0v) is 8.92. The van der Waals surface area contributed by atoms with E-state index in [0.717, 1.165) is 10.4 Å². The predicted molar refractivity (Wildman–Crippen MR) is 59.0 cm³/mol. The molecule has 16 heavy (non-hydrogen) atoms. The number of halogens is 1. The van der Waals surface area contributed by atoms with Gasteiger partial charge in [0.1, 0.15) is 5.82 Å². The van der Waals surface area contributed by atoms with E-state index >= 15 is 0 Å². The van der Waals surface area contributed by atoms with E-state index < -0.39 is 5.91 Å². The van der Waals surface area contributed by atoms with Crippen molar-refractivity contribution in [1.82, 2.24) is 5.48 Å². The number of rotatable bonds is 2. The van der Waals surface area contributed by atoms with E-state index in [-0.39, 0.29) is 5.82 Å². The van der Waals surface area contributed by atoms with Crippen molar-refractivity contribution >= 4 is 17.2 Å². The minimum absolute atomic E-state index is 0.298. The number of amides is 1. The summed E-state index contributed by atoms with van der Waals surface area (Å²) < 4.78 is 12.7. The lowest BCUT2D eigenvalue weighted by atomic mass is 10.2. The standard InChI is InChI=1S/C11H8FNO2S/c12-8-3-1-7(2-4-8)9-5-6-10(16-9)11(14)13-15/h1-6,15H,(H,13,14). The van der Waals surface area contributed by atoms with Gasteiger partial charge in [0, 0.05) is 4.88 Å². The Morgan fingerprint density at radius 2 is 1.88 bits per heavy atom. The molecule has 1 aromatic carbocycles. The van der Waals surface area contributed by atoms with Gasteiger partial charge in [0.15, 0.2) is 0 Å². The number of carbonyl (C=O) groups excluding carboxylic acids is 1. The van der Waals surface area contributed by atoms with Gasteiger partial charge in [-0.25, -0.2) is 9.87 Å². The van der Waals surface area contributed by atoms with Gasteiger partial charge < -0.3 is 0 Å². The third kappa shape index (κ3) is 2.10. The summed E-state index contributed by atoms with van der Waals surface area (Å²) >= 11 is 1.23. The third-order valence-electron chi connectivity index (χ3n) is 2.06. The molecule has 0 aliphatic rings. The Hall–Kier alpha value is -1.72. The first-order chi connectivity index (χ1) is 7.70. The monoisotopic (exact) mass is 237 g/mol. The first-order valence-corrected chi connectivity index (χ1v) is 5.32. The molecule has 0 radical (unpaired) electrons. The topological polar surface area (TPSA) is 49.3 Å². The number of nitrogens with one attached hydrogen (secondary N) is 1. The third-order valence-corrected chi connectivity index (χ3v) is 3.19. The summed E-state index contributed by atoms with van der Waals surface area (Å²) in [5, 5.41) is 8.46. The maximum absolute atomic E-state index is 12.7. The van der Waals surface area contributed by atoms with Gasteiger partial charge in [-0.3, -0.25) is 10.0 Å². The highest BCUT2D eigenvalue weighted by atomic mass is 32.1. The molecular weight excluding hydrogens is 229 g/mol.